The predicted octanol–water partition coefficient (Wildman–Crippen LogP) is 7.50. The summed E-state index contributed by atoms with van der Waals surface area (Å²) in [5, 5.41) is 9.41. The van der Waals surface area contributed by atoms with E-state index in [0.29, 0.717) is 14.7 Å². The maximum absolute atomic E-state index is 12.7. The monoisotopic (exact) mass is 879 g/mol. The van der Waals surface area contributed by atoms with Gasteiger partial charge in [-0.2, -0.15) is 5.57 Å². The summed E-state index contributed by atoms with van der Waals surface area (Å²) in [5.41, 5.74) is 5.00. The summed E-state index contributed by atoms with van der Waals surface area (Å²) in [6, 6.07) is 0. The number of aliphatic carboxylic acids is 1. The SMILES string of the molecule is CC(C)=CCC/C(C)=C/[C@@H]1CC(C)=C[C@]2(C=C(C(I)=[C-]C(=O)O)[C@@]3(I)CC(=O)C(C)=C[C@@]3(I)O2)O1.[Zn]. The fraction of sp³-hybridized carbons (Fsp3) is 0.481. The van der Waals surface area contributed by atoms with Gasteiger partial charge in [-0.1, -0.05) is 80.1 Å². The summed E-state index contributed by atoms with van der Waals surface area (Å²) in [4.78, 5) is 24.2. The zero-order valence-electron chi connectivity index (χ0n) is 21.2. The topological polar surface area (TPSA) is 72.8 Å². The first-order chi connectivity index (χ1) is 16.2. The number of hydrogen-bond donors (Lipinski definition) is 1. The number of Topliss-reactive ketones (excluding diaryl/α,β-unsaturated/α-hetero) is 1. The van der Waals surface area contributed by atoms with Gasteiger partial charge in [0, 0.05) is 29.3 Å². The van der Waals surface area contributed by atoms with Gasteiger partial charge in [-0.05, 0) is 94.2 Å². The van der Waals surface area contributed by atoms with Crippen LogP contribution in [0.1, 0.15) is 60.3 Å². The second kappa shape index (κ2) is 12.7. The summed E-state index contributed by atoms with van der Waals surface area (Å²) in [6.07, 6.45) is 15.2. The Labute approximate surface area is 267 Å². The summed E-state index contributed by atoms with van der Waals surface area (Å²) < 4.78 is 12.1. The largest absolute Gasteiger partial charge is 0.492 e. The molecule has 0 saturated carbocycles. The molecule has 9 heteroatoms. The molecule has 4 atom stereocenters. The number of carbonyl (C=O) groups excluding carboxylic acids is 1. The van der Waals surface area contributed by atoms with E-state index in [1.54, 1.807) is 6.92 Å². The number of hydrogen-bond acceptors (Lipinski definition) is 4. The van der Waals surface area contributed by atoms with E-state index in [1.807, 2.05) is 40.8 Å². The Morgan fingerprint density at radius 3 is 2.50 bits per heavy atom. The fourth-order valence-electron chi connectivity index (χ4n) is 4.56. The molecule has 2 heterocycles. The molecule has 1 aliphatic carbocycles. The molecule has 5 nitrogen and oxygen atoms in total. The smallest absolute Gasteiger partial charge is 0.236 e. The van der Waals surface area contributed by atoms with Crippen molar-refractivity contribution in [3.63, 3.8) is 0 Å². The molecule has 0 bridgehead atoms. The van der Waals surface area contributed by atoms with Crippen LogP contribution in [0.25, 0.3) is 0 Å². The summed E-state index contributed by atoms with van der Waals surface area (Å²) in [5.74, 6) is -2.34. The second-order valence-corrected chi connectivity index (χ2v) is 14.2. The van der Waals surface area contributed by atoms with E-state index in [2.05, 4.69) is 91.1 Å². The number of carbonyl (C=O) groups is 2. The Hall–Kier alpha value is 0.313. The Kier molecular flexibility index (Phi) is 11.4. The first-order valence-corrected chi connectivity index (χ1v) is 14.7. The Morgan fingerprint density at radius 2 is 1.89 bits per heavy atom. The van der Waals surface area contributed by atoms with Gasteiger partial charge in [-0.3, -0.25) is 9.59 Å². The molecule has 3 rings (SSSR count). The van der Waals surface area contributed by atoms with Crippen LogP contribution in [0.15, 0.2) is 61.8 Å². The molecule has 0 fully saturated rings. The molecule has 3 aliphatic rings. The number of ether oxygens (including phenoxy) is 2. The van der Waals surface area contributed by atoms with Crippen molar-refractivity contribution in [2.75, 3.05) is 0 Å². The molecule has 0 aromatic heterocycles. The molecule has 1 spiro atoms. The van der Waals surface area contributed by atoms with Gasteiger partial charge in [0.1, 0.15) is 3.61 Å². The molecular weight excluding hydrogens is 850 g/mol. The summed E-state index contributed by atoms with van der Waals surface area (Å²) in [6.45, 7) is 10.2. The minimum absolute atomic E-state index is 0. The van der Waals surface area contributed by atoms with Crippen molar-refractivity contribution in [3.8, 4) is 0 Å². The average molecular weight is 881 g/mol. The molecule has 0 saturated heterocycles. The quantitative estimate of drug-likeness (QED) is 0.0749. The van der Waals surface area contributed by atoms with E-state index in [1.165, 1.54) is 11.1 Å². The molecule has 0 aromatic carbocycles. The Bertz CT molecular complexity index is 1110. The van der Waals surface area contributed by atoms with Crippen molar-refractivity contribution in [2.24, 2.45) is 0 Å². The first kappa shape index (κ1) is 32.5. The van der Waals surface area contributed by atoms with Crippen LogP contribution < -0.4 is 0 Å². The van der Waals surface area contributed by atoms with Crippen LogP contribution >= 0.6 is 67.8 Å². The molecule has 36 heavy (non-hydrogen) atoms. The molecule has 0 radical (unpaired) electrons. The maximum Gasteiger partial charge on any atom is 0.236 e. The van der Waals surface area contributed by atoms with Gasteiger partial charge in [-0.25, -0.2) is 0 Å². The molecule has 0 unspecified atom stereocenters. The van der Waals surface area contributed by atoms with Crippen molar-refractivity contribution < 1.29 is 43.6 Å². The van der Waals surface area contributed by atoms with Crippen molar-refractivity contribution in [1.29, 1.82) is 0 Å². The van der Waals surface area contributed by atoms with Crippen LogP contribution in [0.2, 0.25) is 0 Å². The third kappa shape index (κ3) is 7.28. The van der Waals surface area contributed by atoms with Gasteiger partial charge in [-0.15, -0.1) is 9.66 Å². The van der Waals surface area contributed by atoms with Crippen molar-refractivity contribution >= 4 is 79.5 Å². The predicted molar refractivity (Wildman–Crippen MR) is 163 cm³/mol. The van der Waals surface area contributed by atoms with Crippen LogP contribution in [0.3, 0.4) is 0 Å². The zero-order chi connectivity index (χ0) is 26.2. The van der Waals surface area contributed by atoms with Gasteiger partial charge in [0.2, 0.25) is 5.97 Å². The fourth-order valence-corrected chi connectivity index (χ4v) is 8.26. The second-order valence-electron chi connectivity index (χ2n) is 9.68. The van der Waals surface area contributed by atoms with E-state index in [0.717, 1.165) is 24.8 Å². The molecule has 2 aliphatic heterocycles. The van der Waals surface area contributed by atoms with Crippen LogP contribution in [-0.4, -0.2) is 35.8 Å². The first-order valence-electron chi connectivity index (χ1n) is 11.4. The van der Waals surface area contributed by atoms with E-state index in [-0.39, 0.29) is 37.8 Å². The van der Waals surface area contributed by atoms with Gasteiger partial charge in [0.05, 0.1) is 6.10 Å². The van der Waals surface area contributed by atoms with E-state index in [9.17, 15) is 14.7 Å². The number of ketones is 1. The van der Waals surface area contributed by atoms with Crippen LogP contribution in [0, 0.1) is 6.08 Å². The maximum atomic E-state index is 12.7. The standard InChI is InChI=1S/C27H30I3O5.Zn/c1-16(2)7-6-8-17(3)9-20-10-18(4)12-25(34-20)14-21(22(28)11-24(32)33)26(29)15-23(31)19(5)13-27(26,30)35-25;/h7,9,12-14,20H,6,8,10,15H2,1-5H3,(H,32,33);/q-1;/b17-9+;/t20-,25+,26+,27-;/m1./s1. The number of alkyl halides is 2. The van der Waals surface area contributed by atoms with Gasteiger partial charge in [0.15, 0.2) is 11.6 Å². The average Bonchev–Trinajstić information content (AvgIpc) is 2.68. The van der Waals surface area contributed by atoms with Gasteiger partial charge in [0.25, 0.3) is 0 Å². The minimum atomic E-state index is -1.19. The molecule has 1 N–H and O–H groups in total. The van der Waals surface area contributed by atoms with E-state index >= 15 is 0 Å². The van der Waals surface area contributed by atoms with E-state index < -0.39 is 18.8 Å². The third-order valence-electron chi connectivity index (χ3n) is 6.19. The number of rotatable bonds is 6. The number of carboxylic acids is 1. The molecular formula is C27H30I3O5Zn-. The minimum Gasteiger partial charge on any atom is -0.492 e. The number of allylic oxidation sites excluding steroid dienone is 5. The molecule has 0 amide bonds. The van der Waals surface area contributed by atoms with Crippen LogP contribution in [0.4, 0.5) is 0 Å². The van der Waals surface area contributed by atoms with Gasteiger partial charge < -0.3 is 14.6 Å². The Balaban J connectivity index is 0.00000456. The molecule has 0 aromatic rings. The molecule has 192 valence electrons. The van der Waals surface area contributed by atoms with Gasteiger partial charge >= 0.3 is 0 Å². The zero-order valence-corrected chi connectivity index (χ0v) is 30.7. The summed E-state index contributed by atoms with van der Waals surface area (Å²) >= 11 is 6.48. The Morgan fingerprint density at radius 1 is 1.22 bits per heavy atom. The number of carboxylic acid groups (broad SMARTS) is 1. The van der Waals surface area contributed by atoms with Crippen molar-refractivity contribution in [3.05, 3.63) is 67.9 Å². The van der Waals surface area contributed by atoms with E-state index in [4.69, 9.17) is 9.47 Å². The third-order valence-corrected chi connectivity index (χ3v) is 11.3. The summed E-state index contributed by atoms with van der Waals surface area (Å²) in [7, 11) is 0. The van der Waals surface area contributed by atoms with Crippen molar-refractivity contribution in [1.82, 2.24) is 0 Å². The van der Waals surface area contributed by atoms with Crippen LogP contribution in [-0.2, 0) is 38.5 Å². The normalized spacial score (nSPS) is 32.6. The van der Waals surface area contributed by atoms with Crippen LogP contribution in [0.5, 0.6) is 0 Å². The number of fused-ring (bicyclic) bond motifs is 1. The number of halogens is 3. The van der Waals surface area contributed by atoms with Crippen molar-refractivity contribution in [2.45, 2.75) is 79.2 Å².